The van der Waals surface area contributed by atoms with Crippen molar-refractivity contribution in [3.63, 3.8) is 0 Å². The standard InChI is InChI=1S/C9H20N4O2/c1-11-9(8-13(14)15)12-7-5-3-2-4-6-10/h8,11-12H,2-7,10H2,1H3/b9-8+. The Labute approximate surface area is 90.1 Å². The summed E-state index contributed by atoms with van der Waals surface area (Å²) in [5.41, 5.74) is 5.36. The number of unbranched alkanes of at least 4 members (excludes halogenated alkanes) is 3. The van der Waals surface area contributed by atoms with E-state index in [0.29, 0.717) is 5.82 Å². The maximum absolute atomic E-state index is 10.2. The first-order valence-corrected chi connectivity index (χ1v) is 5.17. The van der Waals surface area contributed by atoms with Gasteiger partial charge in [0.1, 0.15) is 0 Å². The summed E-state index contributed by atoms with van der Waals surface area (Å²) < 4.78 is 0. The van der Waals surface area contributed by atoms with Crippen LogP contribution >= 0.6 is 0 Å². The predicted octanol–water partition coefficient (Wildman–Crippen LogP) is 0.390. The van der Waals surface area contributed by atoms with Crippen LogP contribution in [-0.2, 0) is 0 Å². The van der Waals surface area contributed by atoms with Crippen molar-refractivity contribution in [1.82, 2.24) is 10.6 Å². The Kier molecular flexibility index (Phi) is 8.46. The highest BCUT2D eigenvalue weighted by Crippen LogP contribution is 1.97. The molecule has 0 unspecified atom stereocenters. The Hall–Kier alpha value is -1.30. The lowest BCUT2D eigenvalue weighted by Gasteiger charge is -2.07. The monoisotopic (exact) mass is 216 g/mol. The van der Waals surface area contributed by atoms with E-state index in [1.807, 2.05) is 0 Å². The Balaban J connectivity index is 3.51. The number of hydrogen-bond acceptors (Lipinski definition) is 5. The molecule has 4 N–H and O–H groups in total. The third kappa shape index (κ3) is 9.01. The SMILES string of the molecule is CN/C(=C\[N+](=O)[O-])NCCCCCCN. The van der Waals surface area contributed by atoms with E-state index in [4.69, 9.17) is 5.73 Å². The highest BCUT2D eigenvalue weighted by molar-refractivity contribution is 4.89. The van der Waals surface area contributed by atoms with Gasteiger partial charge in [-0.25, -0.2) is 0 Å². The van der Waals surface area contributed by atoms with Gasteiger partial charge in [0.2, 0.25) is 0 Å². The molecule has 15 heavy (non-hydrogen) atoms. The molecular weight excluding hydrogens is 196 g/mol. The van der Waals surface area contributed by atoms with Crippen molar-refractivity contribution < 1.29 is 4.92 Å². The first-order valence-electron chi connectivity index (χ1n) is 5.17. The van der Waals surface area contributed by atoms with Gasteiger partial charge in [-0.2, -0.15) is 0 Å². The first kappa shape index (κ1) is 13.7. The van der Waals surface area contributed by atoms with Crippen LogP contribution in [0.15, 0.2) is 12.0 Å². The average Bonchev–Trinajstić information content (AvgIpc) is 2.20. The molecule has 0 aromatic carbocycles. The van der Waals surface area contributed by atoms with Crippen molar-refractivity contribution in [1.29, 1.82) is 0 Å². The summed E-state index contributed by atoms with van der Waals surface area (Å²) in [6, 6.07) is 0. The van der Waals surface area contributed by atoms with Crippen LogP contribution < -0.4 is 16.4 Å². The van der Waals surface area contributed by atoms with E-state index in [-0.39, 0.29) is 0 Å². The third-order valence-corrected chi connectivity index (χ3v) is 1.95. The second-order valence-electron chi connectivity index (χ2n) is 3.21. The minimum Gasteiger partial charge on any atom is -0.370 e. The van der Waals surface area contributed by atoms with Crippen LogP contribution in [0.5, 0.6) is 0 Å². The maximum atomic E-state index is 10.2. The molecular formula is C9H20N4O2. The maximum Gasteiger partial charge on any atom is 0.274 e. The van der Waals surface area contributed by atoms with Crippen molar-refractivity contribution in [3.8, 4) is 0 Å². The van der Waals surface area contributed by atoms with Gasteiger partial charge in [0.15, 0.2) is 5.82 Å². The number of nitrogens with one attached hydrogen (secondary N) is 2. The number of nitro groups is 1. The van der Waals surface area contributed by atoms with Gasteiger partial charge in [0.25, 0.3) is 6.20 Å². The molecule has 0 atom stereocenters. The molecule has 0 spiro atoms. The number of nitrogens with two attached hydrogens (primary N) is 1. The van der Waals surface area contributed by atoms with Crippen molar-refractivity contribution in [2.24, 2.45) is 5.73 Å². The van der Waals surface area contributed by atoms with E-state index in [2.05, 4.69) is 10.6 Å². The van der Waals surface area contributed by atoms with Crippen molar-refractivity contribution >= 4 is 0 Å². The molecule has 0 bridgehead atoms. The van der Waals surface area contributed by atoms with Crippen LogP contribution in [-0.4, -0.2) is 25.1 Å². The second-order valence-corrected chi connectivity index (χ2v) is 3.21. The first-order chi connectivity index (χ1) is 7.20. The van der Waals surface area contributed by atoms with Crippen LogP contribution in [0.2, 0.25) is 0 Å². The molecule has 6 heteroatoms. The molecule has 0 aliphatic rings. The molecule has 0 saturated heterocycles. The summed E-state index contributed by atoms with van der Waals surface area (Å²) in [5.74, 6) is 0.443. The zero-order valence-electron chi connectivity index (χ0n) is 9.16. The van der Waals surface area contributed by atoms with Crippen molar-refractivity contribution in [2.45, 2.75) is 25.7 Å². The van der Waals surface area contributed by atoms with E-state index < -0.39 is 4.92 Å². The average molecular weight is 216 g/mol. The Bertz CT molecular complexity index is 206. The fourth-order valence-corrected chi connectivity index (χ4v) is 1.15. The molecule has 6 nitrogen and oxygen atoms in total. The van der Waals surface area contributed by atoms with Crippen LogP contribution in [0, 0.1) is 10.1 Å². The zero-order valence-corrected chi connectivity index (χ0v) is 9.16. The molecule has 0 saturated carbocycles. The van der Waals surface area contributed by atoms with Gasteiger partial charge in [0.05, 0.1) is 4.92 Å². The van der Waals surface area contributed by atoms with E-state index >= 15 is 0 Å². The predicted molar refractivity (Wildman–Crippen MR) is 59.7 cm³/mol. The third-order valence-electron chi connectivity index (χ3n) is 1.95. The van der Waals surface area contributed by atoms with Gasteiger partial charge in [-0.1, -0.05) is 12.8 Å². The Morgan fingerprint density at radius 2 is 2.07 bits per heavy atom. The minimum atomic E-state index is -0.479. The van der Waals surface area contributed by atoms with E-state index in [9.17, 15) is 10.1 Å². The summed E-state index contributed by atoms with van der Waals surface area (Å²) in [5, 5.41) is 15.9. The van der Waals surface area contributed by atoms with Gasteiger partial charge in [-0.15, -0.1) is 0 Å². The fourth-order valence-electron chi connectivity index (χ4n) is 1.15. The molecule has 0 aromatic rings. The Morgan fingerprint density at radius 1 is 1.40 bits per heavy atom. The normalized spacial score (nSPS) is 11.2. The van der Waals surface area contributed by atoms with Crippen LogP contribution in [0.3, 0.4) is 0 Å². The van der Waals surface area contributed by atoms with E-state index in [1.165, 1.54) is 0 Å². The van der Waals surface area contributed by atoms with Gasteiger partial charge < -0.3 is 16.4 Å². The van der Waals surface area contributed by atoms with Crippen LogP contribution in [0.25, 0.3) is 0 Å². The topological polar surface area (TPSA) is 93.2 Å². The van der Waals surface area contributed by atoms with Crippen LogP contribution in [0.1, 0.15) is 25.7 Å². The summed E-state index contributed by atoms with van der Waals surface area (Å²) in [4.78, 5) is 9.70. The second kappa shape index (κ2) is 9.26. The minimum absolute atomic E-state index is 0.443. The number of hydrogen-bond donors (Lipinski definition) is 3. The van der Waals surface area contributed by atoms with E-state index in [0.717, 1.165) is 45.0 Å². The molecule has 0 heterocycles. The lowest BCUT2D eigenvalue weighted by Crippen LogP contribution is -2.25. The van der Waals surface area contributed by atoms with Gasteiger partial charge in [-0.3, -0.25) is 10.1 Å². The molecule has 0 aromatic heterocycles. The molecule has 0 radical (unpaired) electrons. The Morgan fingerprint density at radius 3 is 2.60 bits per heavy atom. The largest absolute Gasteiger partial charge is 0.370 e. The molecule has 0 aliphatic heterocycles. The molecule has 0 rings (SSSR count). The molecule has 0 fully saturated rings. The molecule has 88 valence electrons. The molecule has 0 aliphatic carbocycles. The highest BCUT2D eigenvalue weighted by Gasteiger charge is 1.98. The van der Waals surface area contributed by atoms with E-state index in [1.54, 1.807) is 7.05 Å². The van der Waals surface area contributed by atoms with Crippen LogP contribution in [0.4, 0.5) is 0 Å². The van der Waals surface area contributed by atoms with Gasteiger partial charge >= 0.3 is 0 Å². The number of rotatable bonds is 9. The lowest BCUT2D eigenvalue weighted by molar-refractivity contribution is -0.404. The highest BCUT2D eigenvalue weighted by atomic mass is 16.6. The number of nitrogens with zero attached hydrogens (tertiary/aromatic N) is 1. The van der Waals surface area contributed by atoms with Crippen molar-refractivity contribution in [2.75, 3.05) is 20.1 Å². The molecule has 0 amide bonds. The fraction of sp³-hybridized carbons (Fsp3) is 0.778. The summed E-state index contributed by atoms with van der Waals surface area (Å²) in [7, 11) is 1.65. The summed E-state index contributed by atoms with van der Waals surface area (Å²) >= 11 is 0. The van der Waals surface area contributed by atoms with Gasteiger partial charge in [0, 0.05) is 13.6 Å². The zero-order chi connectivity index (χ0) is 11.5. The smallest absolute Gasteiger partial charge is 0.274 e. The van der Waals surface area contributed by atoms with Crippen molar-refractivity contribution in [3.05, 3.63) is 22.1 Å². The lowest BCUT2D eigenvalue weighted by atomic mass is 10.2. The summed E-state index contributed by atoms with van der Waals surface area (Å²) in [6.45, 7) is 1.47. The van der Waals surface area contributed by atoms with Gasteiger partial charge in [-0.05, 0) is 19.4 Å². The quantitative estimate of drug-likeness (QED) is 0.294. The summed E-state index contributed by atoms with van der Waals surface area (Å²) in [6.07, 6.45) is 5.19.